The van der Waals surface area contributed by atoms with Crippen LogP contribution in [0.1, 0.15) is 25.1 Å². The van der Waals surface area contributed by atoms with Gasteiger partial charge in [0.25, 0.3) is 0 Å². The van der Waals surface area contributed by atoms with Crippen molar-refractivity contribution in [2.24, 2.45) is 0 Å². The van der Waals surface area contributed by atoms with E-state index in [1.807, 2.05) is 24.0 Å². The van der Waals surface area contributed by atoms with Crippen molar-refractivity contribution in [3.05, 3.63) is 35.8 Å². The maximum atomic E-state index is 11.8. The standard InChI is InChI=1S/C18H23N5O2/c1-12(11-25-3)20-18-15-6-8-23(13(2)24)10-16(15)21-17(22-18)14-5-4-7-19-9-14/h4-5,7,9,12H,6,8,10-11H2,1-3H3,(H,20,21,22). The lowest BCUT2D eigenvalue weighted by Crippen LogP contribution is -2.36. The first kappa shape index (κ1) is 17.3. The maximum Gasteiger partial charge on any atom is 0.219 e. The minimum Gasteiger partial charge on any atom is -0.383 e. The fraction of sp³-hybridized carbons (Fsp3) is 0.444. The number of nitrogens with zero attached hydrogens (tertiary/aromatic N) is 4. The summed E-state index contributed by atoms with van der Waals surface area (Å²) in [4.78, 5) is 27.2. The molecule has 1 unspecified atom stereocenters. The van der Waals surface area contributed by atoms with Crippen molar-refractivity contribution < 1.29 is 9.53 Å². The monoisotopic (exact) mass is 341 g/mol. The van der Waals surface area contributed by atoms with Gasteiger partial charge in [-0.25, -0.2) is 9.97 Å². The zero-order chi connectivity index (χ0) is 17.8. The van der Waals surface area contributed by atoms with E-state index in [1.54, 1.807) is 26.4 Å². The van der Waals surface area contributed by atoms with Crippen molar-refractivity contribution in [1.29, 1.82) is 0 Å². The van der Waals surface area contributed by atoms with Crippen LogP contribution in [-0.2, 0) is 22.5 Å². The van der Waals surface area contributed by atoms with Crippen LogP contribution in [0.2, 0.25) is 0 Å². The molecule has 132 valence electrons. The molecule has 0 saturated heterocycles. The second kappa shape index (κ2) is 7.57. The number of hydrogen-bond donors (Lipinski definition) is 1. The average molecular weight is 341 g/mol. The molecule has 1 amide bonds. The number of hydrogen-bond acceptors (Lipinski definition) is 6. The lowest BCUT2D eigenvalue weighted by atomic mass is 10.0. The van der Waals surface area contributed by atoms with Gasteiger partial charge in [-0.15, -0.1) is 0 Å². The number of amides is 1. The molecule has 0 radical (unpaired) electrons. The Kier molecular flexibility index (Phi) is 5.23. The minimum absolute atomic E-state index is 0.0643. The second-order valence-corrected chi connectivity index (χ2v) is 6.25. The first-order valence-corrected chi connectivity index (χ1v) is 8.39. The maximum absolute atomic E-state index is 11.8. The molecule has 1 N–H and O–H groups in total. The number of carbonyl (C=O) groups excluding carboxylic acids is 1. The summed E-state index contributed by atoms with van der Waals surface area (Å²) in [6.45, 7) is 5.42. The summed E-state index contributed by atoms with van der Waals surface area (Å²) in [6, 6.07) is 3.92. The summed E-state index contributed by atoms with van der Waals surface area (Å²) < 4.78 is 5.21. The van der Waals surface area contributed by atoms with Crippen molar-refractivity contribution in [2.75, 3.05) is 25.6 Å². The van der Waals surface area contributed by atoms with Gasteiger partial charge in [0.05, 0.1) is 18.8 Å². The summed E-state index contributed by atoms with van der Waals surface area (Å²) in [5.74, 6) is 1.50. The molecule has 3 heterocycles. The van der Waals surface area contributed by atoms with E-state index in [0.717, 1.165) is 29.1 Å². The quantitative estimate of drug-likeness (QED) is 0.894. The molecule has 7 nitrogen and oxygen atoms in total. The number of carbonyl (C=O) groups is 1. The molecular formula is C18H23N5O2. The Morgan fingerprint density at radius 3 is 2.96 bits per heavy atom. The van der Waals surface area contributed by atoms with Gasteiger partial charge in [0.1, 0.15) is 5.82 Å². The Balaban J connectivity index is 2.01. The van der Waals surface area contributed by atoms with E-state index >= 15 is 0 Å². The second-order valence-electron chi connectivity index (χ2n) is 6.25. The zero-order valence-corrected chi connectivity index (χ0v) is 14.8. The number of methoxy groups -OCH3 is 1. The summed E-state index contributed by atoms with van der Waals surface area (Å²) in [5.41, 5.74) is 2.82. The molecule has 2 aromatic heterocycles. The van der Waals surface area contributed by atoms with E-state index in [2.05, 4.69) is 10.3 Å². The Bertz CT molecular complexity index is 751. The SMILES string of the molecule is COCC(C)Nc1nc(-c2cccnc2)nc2c1CCN(C(C)=O)C2. The van der Waals surface area contributed by atoms with Crippen LogP contribution in [0.4, 0.5) is 5.82 Å². The van der Waals surface area contributed by atoms with Gasteiger partial charge in [0.2, 0.25) is 5.91 Å². The molecule has 0 bridgehead atoms. The Morgan fingerprint density at radius 1 is 1.44 bits per heavy atom. The van der Waals surface area contributed by atoms with Crippen LogP contribution in [0, 0.1) is 0 Å². The van der Waals surface area contributed by atoms with Crippen LogP contribution in [0.15, 0.2) is 24.5 Å². The van der Waals surface area contributed by atoms with Crippen molar-refractivity contribution in [1.82, 2.24) is 19.9 Å². The molecule has 0 fully saturated rings. The highest BCUT2D eigenvalue weighted by Crippen LogP contribution is 2.27. The van der Waals surface area contributed by atoms with Gasteiger partial charge < -0.3 is 15.0 Å². The van der Waals surface area contributed by atoms with E-state index in [0.29, 0.717) is 25.5 Å². The number of aromatic nitrogens is 3. The molecule has 0 spiro atoms. The van der Waals surface area contributed by atoms with Crippen molar-refractivity contribution in [2.45, 2.75) is 32.9 Å². The lowest BCUT2D eigenvalue weighted by Gasteiger charge is -2.29. The highest BCUT2D eigenvalue weighted by atomic mass is 16.5. The van der Waals surface area contributed by atoms with E-state index in [4.69, 9.17) is 14.7 Å². The number of nitrogens with one attached hydrogen (secondary N) is 1. The van der Waals surface area contributed by atoms with Gasteiger partial charge in [0.15, 0.2) is 5.82 Å². The largest absolute Gasteiger partial charge is 0.383 e. The molecule has 7 heteroatoms. The van der Waals surface area contributed by atoms with Crippen LogP contribution in [0.5, 0.6) is 0 Å². The number of pyridine rings is 1. The van der Waals surface area contributed by atoms with Crippen LogP contribution < -0.4 is 5.32 Å². The van der Waals surface area contributed by atoms with E-state index in [-0.39, 0.29) is 11.9 Å². The third kappa shape index (κ3) is 3.93. The molecule has 1 atom stereocenters. The van der Waals surface area contributed by atoms with Gasteiger partial charge in [-0.05, 0) is 25.5 Å². The number of ether oxygens (including phenoxy) is 1. The molecule has 25 heavy (non-hydrogen) atoms. The lowest BCUT2D eigenvalue weighted by molar-refractivity contribution is -0.129. The Hall–Kier alpha value is -2.54. The molecular weight excluding hydrogens is 318 g/mol. The summed E-state index contributed by atoms with van der Waals surface area (Å²) >= 11 is 0. The van der Waals surface area contributed by atoms with E-state index in [1.165, 1.54) is 0 Å². The fourth-order valence-corrected chi connectivity index (χ4v) is 2.97. The van der Waals surface area contributed by atoms with Crippen molar-refractivity contribution in [3.8, 4) is 11.4 Å². The molecule has 1 aliphatic heterocycles. The van der Waals surface area contributed by atoms with Crippen LogP contribution in [0.3, 0.4) is 0 Å². The van der Waals surface area contributed by atoms with Crippen molar-refractivity contribution >= 4 is 11.7 Å². The molecule has 3 rings (SSSR count). The van der Waals surface area contributed by atoms with Gasteiger partial charge in [0, 0.05) is 50.1 Å². The summed E-state index contributed by atoms with van der Waals surface area (Å²) in [6.07, 6.45) is 4.21. The average Bonchev–Trinajstić information content (AvgIpc) is 2.62. The summed E-state index contributed by atoms with van der Waals surface area (Å²) in [7, 11) is 1.68. The Labute approximate surface area is 147 Å². The highest BCUT2D eigenvalue weighted by molar-refractivity contribution is 5.74. The smallest absolute Gasteiger partial charge is 0.219 e. The highest BCUT2D eigenvalue weighted by Gasteiger charge is 2.24. The first-order valence-electron chi connectivity index (χ1n) is 8.39. The third-order valence-corrected chi connectivity index (χ3v) is 4.23. The molecule has 0 aliphatic carbocycles. The third-order valence-electron chi connectivity index (χ3n) is 4.23. The normalized spacial score (nSPS) is 14.8. The summed E-state index contributed by atoms with van der Waals surface area (Å²) in [5, 5.41) is 3.43. The minimum atomic E-state index is 0.0643. The van der Waals surface area contributed by atoms with Crippen molar-refractivity contribution in [3.63, 3.8) is 0 Å². The van der Waals surface area contributed by atoms with Gasteiger partial charge in [-0.2, -0.15) is 0 Å². The molecule has 2 aromatic rings. The van der Waals surface area contributed by atoms with E-state index < -0.39 is 0 Å². The van der Waals surface area contributed by atoms with Crippen LogP contribution >= 0.6 is 0 Å². The van der Waals surface area contributed by atoms with Gasteiger partial charge in [-0.1, -0.05) is 0 Å². The molecule has 0 saturated carbocycles. The van der Waals surface area contributed by atoms with E-state index in [9.17, 15) is 4.79 Å². The predicted molar refractivity (Wildman–Crippen MR) is 95.0 cm³/mol. The first-order chi connectivity index (χ1) is 12.1. The fourth-order valence-electron chi connectivity index (χ4n) is 2.97. The molecule has 0 aromatic carbocycles. The number of anilines is 1. The van der Waals surface area contributed by atoms with Gasteiger partial charge in [-0.3, -0.25) is 9.78 Å². The Morgan fingerprint density at radius 2 is 2.28 bits per heavy atom. The zero-order valence-electron chi connectivity index (χ0n) is 14.8. The number of rotatable bonds is 5. The molecule has 1 aliphatic rings. The van der Waals surface area contributed by atoms with Gasteiger partial charge >= 0.3 is 0 Å². The number of fused-ring (bicyclic) bond motifs is 1. The van der Waals surface area contributed by atoms with Crippen LogP contribution in [0.25, 0.3) is 11.4 Å². The van der Waals surface area contributed by atoms with Crippen LogP contribution in [-0.4, -0.2) is 52.1 Å². The predicted octanol–water partition coefficient (Wildman–Crippen LogP) is 1.89. The topological polar surface area (TPSA) is 80.2 Å².